The van der Waals surface area contributed by atoms with E-state index in [0.717, 1.165) is 17.4 Å². The molecule has 16 heavy (non-hydrogen) atoms. The van der Waals surface area contributed by atoms with Gasteiger partial charge in [-0.2, -0.15) is 0 Å². The third-order valence-electron chi connectivity index (χ3n) is 2.79. The van der Waals surface area contributed by atoms with Crippen LogP contribution in [0.5, 0.6) is 0 Å². The van der Waals surface area contributed by atoms with Crippen molar-refractivity contribution >= 4 is 22.6 Å². The highest BCUT2D eigenvalue weighted by molar-refractivity contribution is 5.87. The Balaban J connectivity index is 2.02. The van der Waals surface area contributed by atoms with Gasteiger partial charge < -0.3 is 4.90 Å². The molecule has 1 aromatic heterocycles. The van der Waals surface area contributed by atoms with E-state index in [9.17, 15) is 4.79 Å². The summed E-state index contributed by atoms with van der Waals surface area (Å²) in [5.74, 6) is 0.918. The molecule has 4 nitrogen and oxygen atoms in total. The van der Waals surface area contributed by atoms with Gasteiger partial charge in [0.05, 0.1) is 12.1 Å². The van der Waals surface area contributed by atoms with E-state index >= 15 is 0 Å². The minimum atomic E-state index is 0.261. The summed E-state index contributed by atoms with van der Waals surface area (Å²) in [6, 6.07) is 7.85. The van der Waals surface area contributed by atoms with Crippen LogP contribution in [0, 0.1) is 0 Å². The lowest BCUT2D eigenvalue weighted by atomic mass is 10.2. The molecule has 0 aliphatic carbocycles. The van der Waals surface area contributed by atoms with Gasteiger partial charge in [-0.3, -0.25) is 4.79 Å². The number of Topliss-reactive ketones (excluding diaryl/α,β-unsaturated/α-hetero) is 1. The van der Waals surface area contributed by atoms with Crippen LogP contribution >= 0.6 is 0 Å². The molecule has 0 spiro atoms. The van der Waals surface area contributed by atoms with Crippen LogP contribution in [0.4, 0.5) is 5.95 Å². The average molecular weight is 213 g/mol. The van der Waals surface area contributed by atoms with Crippen molar-refractivity contribution in [3.63, 3.8) is 0 Å². The van der Waals surface area contributed by atoms with E-state index in [-0.39, 0.29) is 5.78 Å². The van der Waals surface area contributed by atoms with E-state index in [4.69, 9.17) is 0 Å². The fourth-order valence-corrected chi connectivity index (χ4v) is 1.92. The van der Waals surface area contributed by atoms with Crippen LogP contribution in [0.1, 0.15) is 6.42 Å². The number of hydrogen-bond donors (Lipinski definition) is 0. The van der Waals surface area contributed by atoms with Gasteiger partial charge in [-0.25, -0.2) is 9.97 Å². The van der Waals surface area contributed by atoms with Crippen molar-refractivity contribution in [1.82, 2.24) is 9.97 Å². The molecule has 80 valence electrons. The summed E-state index contributed by atoms with van der Waals surface area (Å²) in [4.78, 5) is 21.9. The Bertz CT molecular complexity index is 553. The molecule has 4 heteroatoms. The van der Waals surface area contributed by atoms with Gasteiger partial charge in [0.15, 0.2) is 5.78 Å². The summed E-state index contributed by atoms with van der Waals surface area (Å²) >= 11 is 0. The van der Waals surface area contributed by atoms with Gasteiger partial charge >= 0.3 is 0 Å². The molecule has 0 radical (unpaired) electrons. The Morgan fingerprint density at radius 1 is 1.25 bits per heavy atom. The molecule has 0 bridgehead atoms. The molecule has 0 unspecified atom stereocenters. The lowest BCUT2D eigenvalue weighted by Crippen LogP contribution is -2.21. The van der Waals surface area contributed by atoms with E-state index in [2.05, 4.69) is 9.97 Å². The van der Waals surface area contributed by atoms with Crippen molar-refractivity contribution in [2.75, 3.05) is 18.0 Å². The molecule has 3 rings (SSSR count). The Hall–Kier alpha value is -1.97. The first-order valence-corrected chi connectivity index (χ1v) is 5.31. The maximum atomic E-state index is 11.2. The van der Waals surface area contributed by atoms with Crippen LogP contribution in [0.2, 0.25) is 0 Å². The standard InChI is InChI=1S/C12H11N3O/c16-10-5-6-15(8-10)12-13-7-9-3-1-2-4-11(9)14-12/h1-4,7H,5-6,8H2. The topological polar surface area (TPSA) is 46.1 Å². The fraction of sp³-hybridized carbons (Fsp3) is 0.250. The molecule has 0 N–H and O–H groups in total. The Morgan fingerprint density at radius 2 is 2.12 bits per heavy atom. The third-order valence-corrected chi connectivity index (χ3v) is 2.79. The zero-order valence-corrected chi connectivity index (χ0v) is 8.76. The van der Waals surface area contributed by atoms with Gasteiger partial charge in [0, 0.05) is 24.5 Å². The zero-order valence-electron chi connectivity index (χ0n) is 8.76. The van der Waals surface area contributed by atoms with Crippen LogP contribution < -0.4 is 4.90 Å². The summed E-state index contributed by atoms with van der Waals surface area (Å²) in [6.07, 6.45) is 2.41. The highest BCUT2D eigenvalue weighted by atomic mass is 16.1. The largest absolute Gasteiger partial charge is 0.333 e. The van der Waals surface area contributed by atoms with Crippen LogP contribution in [0.15, 0.2) is 30.5 Å². The van der Waals surface area contributed by atoms with Gasteiger partial charge in [0.25, 0.3) is 0 Å². The smallest absolute Gasteiger partial charge is 0.226 e. The van der Waals surface area contributed by atoms with Crippen LogP contribution in [-0.2, 0) is 4.79 Å². The minimum Gasteiger partial charge on any atom is -0.333 e. The molecule has 1 aliphatic heterocycles. The van der Waals surface area contributed by atoms with Crippen LogP contribution in [0.25, 0.3) is 10.9 Å². The Kier molecular flexibility index (Phi) is 2.06. The first-order valence-electron chi connectivity index (χ1n) is 5.31. The zero-order chi connectivity index (χ0) is 11.0. The van der Waals surface area contributed by atoms with Crippen LogP contribution in [0.3, 0.4) is 0 Å². The Labute approximate surface area is 92.9 Å². The third kappa shape index (κ3) is 1.52. The average Bonchev–Trinajstić information content (AvgIpc) is 2.75. The van der Waals surface area contributed by atoms with Crippen molar-refractivity contribution in [2.24, 2.45) is 0 Å². The number of fused-ring (bicyclic) bond motifs is 1. The monoisotopic (exact) mass is 213 g/mol. The maximum Gasteiger partial charge on any atom is 0.226 e. The second-order valence-corrected chi connectivity index (χ2v) is 3.94. The van der Waals surface area contributed by atoms with Gasteiger partial charge in [-0.1, -0.05) is 18.2 Å². The number of anilines is 1. The second-order valence-electron chi connectivity index (χ2n) is 3.94. The summed E-state index contributed by atoms with van der Waals surface area (Å²) in [5, 5.41) is 1.02. The molecule has 0 atom stereocenters. The molecule has 1 aromatic carbocycles. The molecule has 0 saturated carbocycles. The molecule has 1 fully saturated rings. The summed E-state index contributed by atoms with van der Waals surface area (Å²) in [5.41, 5.74) is 0.923. The van der Waals surface area contributed by atoms with Crippen molar-refractivity contribution in [3.05, 3.63) is 30.5 Å². The van der Waals surface area contributed by atoms with E-state index in [0.29, 0.717) is 18.9 Å². The van der Waals surface area contributed by atoms with Gasteiger partial charge in [-0.05, 0) is 6.07 Å². The predicted octanol–water partition coefficient (Wildman–Crippen LogP) is 1.41. The van der Waals surface area contributed by atoms with Gasteiger partial charge in [0.2, 0.25) is 5.95 Å². The summed E-state index contributed by atoms with van der Waals surface area (Å²) in [7, 11) is 0. The van der Waals surface area contributed by atoms with E-state index in [1.807, 2.05) is 29.2 Å². The highest BCUT2D eigenvalue weighted by Crippen LogP contribution is 2.17. The van der Waals surface area contributed by atoms with Crippen LogP contribution in [-0.4, -0.2) is 28.8 Å². The van der Waals surface area contributed by atoms with Crippen molar-refractivity contribution in [2.45, 2.75) is 6.42 Å². The van der Waals surface area contributed by atoms with E-state index < -0.39 is 0 Å². The van der Waals surface area contributed by atoms with E-state index in [1.165, 1.54) is 0 Å². The lowest BCUT2D eigenvalue weighted by Gasteiger charge is -2.13. The fourth-order valence-electron chi connectivity index (χ4n) is 1.92. The summed E-state index contributed by atoms with van der Waals surface area (Å²) in [6.45, 7) is 1.18. The van der Waals surface area contributed by atoms with Crippen molar-refractivity contribution in [3.8, 4) is 0 Å². The number of carbonyl (C=O) groups is 1. The van der Waals surface area contributed by atoms with E-state index in [1.54, 1.807) is 6.20 Å². The minimum absolute atomic E-state index is 0.261. The highest BCUT2D eigenvalue weighted by Gasteiger charge is 2.21. The lowest BCUT2D eigenvalue weighted by molar-refractivity contribution is -0.116. The summed E-state index contributed by atoms with van der Waals surface area (Å²) < 4.78 is 0. The molecular weight excluding hydrogens is 202 g/mol. The molecule has 2 heterocycles. The normalized spacial score (nSPS) is 16.0. The van der Waals surface area contributed by atoms with Crippen molar-refractivity contribution in [1.29, 1.82) is 0 Å². The number of carbonyl (C=O) groups excluding carboxylic acids is 1. The number of para-hydroxylation sites is 1. The quantitative estimate of drug-likeness (QED) is 0.718. The number of aromatic nitrogens is 2. The number of rotatable bonds is 1. The number of hydrogen-bond acceptors (Lipinski definition) is 4. The first-order chi connectivity index (χ1) is 7.83. The number of benzene rings is 1. The predicted molar refractivity (Wildman–Crippen MR) is 61.4 cm³/mol. The van der Waals surface area contributed by atoms with Crippen molar-refractivity contribution < 1.29 is 4.79 Å². The second kappa shape index (κ2) is 3.56. The number of nitrogens with zero attached hydrogens (tertiary/aromatic N) is 3. The molecular formula is C12H11N3O. The molecule has 0 amide bonds. The number of ketones is 1. The van der Waals surface area contributed by atoms with Gasteiger partial charge in [-0.15, -0.1) is 0 Å². The Morgan fingerprint density at radius 3 is 2.94 bits per heavy atom. The molecule has 1 saturated heterocycles. The SMILES string of the molecule is O=C1CCN(c2ncc3ccccc3n2)C1. The maximum absolute atomic E-state index is 11.2. The first kappa shape index (κ1) is 9.27. The molecule has 2 aromatic rings. The molecule has 1 aliphatic rings. The van der Waals surface area contributed by atoms with Gasteiger partial charge in [0.1, 0.15) is 0 Å².